The Bertz CT molecular complexity index is 113. The molecule has 0 aliphatic heterocycles. The van der Waals surface area contributed by atoms with Crippen LogP contribution in [0.1, 0.15) is 0 Å². The highest BCUT2D eigenvalue weighted by Gasteiger charge is 2.29. The second-order valence-electron chi connectivity index (χ2n) is 2.43. The summed E-state index contributed by atoms with van der Waals surface area (Å²) in [7, 11) is 4.06. The lowest BCUT2D eigenvalue weighted by Crippen LogP contribution is -2.41. The Labute approximate surface area is 87.2 Å². The molecule has 0 aliphatic carbocycles. The number of methoxy groups -OCH3 is 3. The third-order valence-corrected chi connectivity index (χ3v) is 3.71. The maximum Gasteiger partial charge on any atom is 0.305 e. The van der Waals surface area contributed by atoms with E-state index < -0.39 is 15.7 Å². The second-order valence-corrected chi connectivity index (χ2v) is 4.40. The highest BCUT2D eigenvalue weighted by molar-refractivity contribution is 7.80. The minimum absolute atomic E-state index is 0.316. The first-order chi connectivity index (χ1) is 6.24. The van der Waals surface area contributed by atoms with Crippen molar-refractivity contribution in [2.45, 2.75) is 12.0 Å². The van der Waals surface area contributed by atoms with Gasteiger partial charge < -0.3 is 18.6 Å². The van der Waals surface area contributed by atoms with Crippen molar-refractivity contribution in [3.63, 3.8) is 0 Å². The van der Waals surface area contributed by atoms with E-state index in [4.69, 9.17) is 18.6 Å². The summed E-state index contributed by atoms with van der Waals surface area (Å²) >= 11 is 4.10. The fourth-order valence-electron chi connectivity index (χ4n) is 0.791. The largest absolute Gasteiger partial charge is 0.416 e. The van der Waals surface area contributed by atoms with Gasteiger partial charge in [0.15, 0.2) is 9.76 Å². The molecule has 0 radical (unpaired) electrons. The van der Waals surface area contributed by atoms with Crippen LogP contribution in [0.4, 0.5) is 0 Å². The smallest absolute Gasteiger partial charge is 0.305 e. The van der Waals surface area contributed by atoms with Gasteiger partial charge in [0.05, 0.1) is 0 Å². The van der Waals surface area contributed by atoms with Gasteiger partial charge in [-0.2, -0.15) is 12.6 Å². The normalized spacial score (nSPS) is 12.9. The Morgan fingerprint density at radius 3 is 2.08 bits per heavy atom. The summed E-state index contributed by atoms with van der Waals surface area (Å²) in [5.41, 5.74) is 0. The Kier molecular flexibility index (Phi) is 8.02. The molecule has 0 atom stereocenters. The van der Waals surface area contributed by atoms with E-state index in [0.29, 0.717) is 6.61 Å². The van der Waals surface area contributed by atoms with Crippen molar-refractivity contribution < 1.29 is 18.6 Å². The number of hydrogen-bond acceptors (Lipinski definition) is 5. The first-order valence-corrected chi connectivity index (χ1v) is 6.29. The molecule has 0 fully saturated rings. The quantitative estimate of drug-likeness (QED) is 0.274. The summed E-state index contributed by atoms with van der Waals surface area (Å²) in [5.74, 6) is -0.171. The fraction of sp³-hybridized carbons (Fsp3) is 1.00. The zero-order valence-electron chi connectivity index (χ0n) is 8.41. The third kappa shape index (κ3) is 4.99. The molecule has 0 aromatic carbocycles. The third-order valence-electron chi connectivity index (χ3n) is 1.66. The SMILES string of the molecule is COC(CO[SiH2]CCS)(OC)OC. The molecule has 0 spiro atoms. The van der Waals surface area contributed by atoms with Crippen LogP contribution in [0.25, 0.3) is 0 Å². The lowest BCUT2D eigenvalue weighted by atomic mass is 10.6. The van der Waals surface area contributed by atoms with Crippen molar-refractivity contribution >= 4 is 22.4 Å². The zero-order valence-corrected chi connectivity index (χ0v) is 10.7. The first kappa shape index (κ1) is 13.4. The van der Waals surface area contributed by atoms with Gasteiger partial charge in [0.25, 0.3) is 0 Å². The van der Waals surface area contributed by atoms with Crippen molar-refractivity contribution in [2.75, 3.05) is 33.7 Å². The Morgan fingerprint density at radius 2 is 1.69 bits per heavy atom. The predicted molar refractivity (Wildman–Crippen MR) is 56.9 cm³/mol. The van der Waals surface area contributed by atoms with Gasteiger partial charge in [0.1, 0.15) is 6.61 Å². The molecule has 0 aliphatic rings. The molecule has 0 bridgehead atoms. The van der Waals surface area contributed by atoms with E-state index in [1.807, 2.05) is 0 Å². The van der Waals surface area contributed by atoms with Crippen LogP contribution in [0.5, 0.6) is 0 Å². The average Bonchev–Trinajstić information content (AvgIpc) is 2.20. The molecule has 0 saturated carbocycles. The topological polar surface area (TPSA) is 36.9 Å². The van der Waals surface area contributed by atoms with Crippen molar-refractivity contribution in [2.24, 2.45) is 0 Å². The number of thiol groups is 1. The van der Waals surface area contributed by atoms with E-state index in [9.17, 15) is 0 Å². The zero-order chi connectivity index (χ0) is 10.2. The van der Waals surface area contributed by atoms with Crippen molar-refractivity contribution in [1.29, 1.82) is 0 Å². The molecule has 6 heteroatoms. The minimum atomic E-state index is -1.04. The molecule has 0 rings (SSSR count). The summed E-state index contributed by atoms with van der Waals surface area (Å²) in [6.45, 7) is 0.316. The molecular weight excluding hydrogens is 208 g/mol. The van der Waals surface area contributed by atoms with Crippen molar-refractivity contribution in [1.82, 2.24) is 0 Å². The molecule has 0 aromatic heterocycles. The average molecular weight is 226 g/mol. The number of ether oxygens (including phenoxy) is 3. The Morgan fingerprint density at radius 1 is 1.15 bits per heavy atom. The van der Waals surface area contributed by atoms with Crippen LogP contribution < -0.4 is 0 Å². The van der Waals surface area contributed by atoms with Gasteiger partial charge in [0.2, 0.25) is 0 Å². The van der Waals surface area contributed by atoms with Gasteiger partial charge in [-0.3, -0.25) is 0 Å². The van der Waals surface area contributed by atoms with Crippen LogP contribution in [-0.2, 0) is 18.6 Å². The van der Waals surface area contributed by atoms with Gasteiger partial charge >= 0.3 is 5.97 Å². The number of rotatable bonds is 8. The van der Waals surface area contributed by atoms with Crippen LogP contribution in [0.3, 0.4) is 0 Å². The van der Waals surface area contributed by atoms with Crippen LogP contribution in [-0.4, -0.2) is 49.4 Å². The lowest BCUT2D eigenvalue weighted by Gasteiger charge is -2.28. The standard InChI is InChI=1S/C7H18O4SSi/c1-8-7(9-2,10-3)6-11-13-5-4-12/h12H,4-6,13H2,1-3H3. The maximum absolute atomic E-state index is 5.43. The summed E-state index contributed by atoms with van der Waals surface area (Å²) in [6, 6.07) is 1.04. The fourth-order valence-corrected chi connectivity index (χ4v) is 1.91. The van der Waals surface area contributed by atoms with Crippen molar-refractivity contribution in [3.05, 3.63) is 0 Å². The summed E-state index contributed by atoms with van der Waals surface area (Å²) < 4.78 is 20.6. The number of hydrogen-bond donors (Lipinski definition) is 1. The molecular formula is C7H18O4SSi. The molecule has 0 saturated heterocycles. The highest BCUT2D eigenvalue weighted by atomic mass is 32.1. The monoisotopic (exact) mass is 226 g/mol. The van der Waals surface area contributed by atoms with E-state index >= 15 is 0 Å². The van der Waals surface area contributed by atoms with Gasteiger partial charge in [-0.25, -0.2) is 0 Å². The van der Waals surface area contributed by atoms with Crippen LogP contribution >= 0.6 is 12.6 Å². The summed E-state index contributed by atoms with van der Waals surface area (Å²) in [4.78, 5) is 0. The Hall–Kier alpha value is 0.407. The summed E-state index contributed by atoms with van der Waals surface area (Å²) in [5, 5.41) is 0. The minimum Gasteiger partial charge on any atom is -0.416 e. The maximum atomic E-state index is 5.43. The van der Waals surface area contributed by atoms with Gasteiger partial charge in [-0.1, -0.05) is 0 Å². The van der Waals surface area contributed by atoms with Crippen LogP contribution in [0.15, 0.2) is 0 Å². The summed E-state index contributed by atoms with van der Waals surface area (Å²) in [6.07, 6.45) is 0. The highest BCUT2D eigenvalue weighted by Crippen LogP contribution is 2.11. The second kappa shape index (κ2) is 7.78. The Balaban J connectivity index is 3.68. The lowest BCUT2D eigenvalue weighted by molar-refractivity contribution is -0.361. The molecule has 0 N–H and O–H groups in total. The molecule has 0 amide bonds. The van der Waals surface area contributed by atoms with Crippen molar-refractivity contribution in [3.8, 4) is 0 Å². The molecule has 4 nitrogen and oxygen atoms in total. The molecule has 0 unspecified atom stereocenters. The molecule has 0 aromatic rings. The van der Waals surface area contributed by atoms with E-state index in [1.54, 1.807) is 0 Å². The van der Waals surface area contributed by atoms with Gasteiger partial charge in [0, 0.05) is 21.3 Å². The van der Waals surface area contributed by atoms with Gasteiger partial charge in [-0.15, -0.1) is 0 Å². The van der Waals surface area contributed by atoms with E-state index in [2.05, 4.69) is 12.6 Å². The van der Waals surface area contributed by atoms with E-state index in [0.717, 1.165) is 11.8 Å². The predicted octanol–water partition coefficient (Wildman–Crippen LogP) is 0.0279. The van der Waals surface area contributed by atoms with Gasteiger partial charge in [-0.05, 0) is 11.8 Å². The molecule has 0 heterocycles. The molecule has 80 valence electrons. The van der Waals surface area contributed by atoms with Crippen LogP contribution in [0, 0.1) is 0 Å². The van der Waals surface area contributed by atoms with E-state index in [1.165, 1.54) is 21.3 Å². The van der Waals surface area contributed by atoms with Crippen LogP contribution in [0.2, 0.25) is 6.04 Å². The molecule has 13 heavy (non-hydrogen) atoms. The first-order valence-electron chi connectivity index (χ1n) is 4.08. The van der Waals surface area contributed by atoms with E-state index in [-0.39, 0.29) is 0 Å².